The maximum Gasteiger partial charge on any atom is 0.343 e. The predicted octanol–water partition coefficient (Wildman–Crippen LogP) is 2.75. The third-order valence-corrected chi connectivity index (χ3v) is 10.6. The third kappa shape index (κ3) is 5.71. The van der Waals surface area contributed by atoms with Gasteiger partial charge in [-0.1, -0.05) is 38.2 Å². The number of aliphatic hydroxyl groups is 2. The van der Waals surface area contributed by atoms with Crippen LogP contribution in [-0.2, 0) is 19.0 Å². The van der Waals surface area contributed by atoms with Crippen molar-refractivity contribution >= 4 is 18.0 Å². The second-order valence-corrected chi connectivity index (χ2v) is 13.0. The van der Waals surface area contributed by atoms with Crippen LogP contribution in [0.25, 0.3) is 6.08 Å². The first-order valence-corrected chi connectivity index (χ1v) is 15.5. The topological polar surface area (TPSA) is 117 Å². The highest BCUT2D eigenvalue weighted by Gasteiger charge is 2.59. The summed E-state index contributed by atoms with van der Waals surface area (Å²) in [5.41, 5.74) is 1.49. The highest BCUT2D eigenvalue weighted by atomic mass is 16.5. The molecule has 2 aliphatic carbocycles. The van der Waals surface area contributed by atoms with Crippen molar-refractivity contribution in [3.8, 4) is 0 Å². The maximum atomic E-state index is 12.9. The lowest BCUT2D eigenvalue weighted by molar-refractivity contribution is -0.156. The number of rotatable bonds is 6. The van der Waals surface area contributed by atoms with Gasteiger partial charge in [-0.05, 0) is 42.7 Å². The van der Waals surface area contributed by atoms with Crippen LogP contribution in [0.3, 0.4) is 0 Å². The Hall–Kier alpha value is -2.89. The van der Waals surface area contributed by atoms with Gasteiger partial charge in [-0.2, -0.15) is 0 Å². The number of carbonyl (C=O) groups is 1. The molecular weight excluding hydrogens is 548 g/mol. The molecule has 3 aliphatic heterocycles. The number of ether oxygens (including phenoxy) is 3. The van der Waals surface area contributed by atoms with Crippen LogP contribution in [0.1, 0.15) is 38.7 Å². The highest BCUT2D eigenvalue weighted by molar-refractivity contribution is 5.96. The summed E-state index contributed by atoms with van der Waals surface area (Å²) in [5.74, 6) is 0.733. The number of anilines is 1. The molecule has 6 rings (SSSR count). The van der Waals surface area contributed by atoms with Crippen molar-refractivity contribution in [1.82, 2.24) is 14.9 Å². The van der Waals surface area contributed by atoms with Crippen molar-refractivity contribution in [1.29, 1.82) is 0 Å². The van der Waals surface area contributed by atoms with Crippen molar-refractivity contribution in [2.24, 2.45) is 22.7 Å². The van der Waals surface area contributed by atoms with E-state index in [9.17, 15) is 15.0 Å². The van der Waals surface area contributed by atoms with E-state index in [0.717, 1.165) is 50.2 Å². The van der Waals surface area contributed by atoms with Crippen LogP contribution >= 0.6 is 0 Å². The van der Waals surface area contributed by atoms with E-state index in [1.807, 2.05) is 13.0 Å². The number of esters is 1. The largest absolute Gasteiger partial charge is 0.423 e. The van der Waals surface area contributed by atoms with Gasteiger partial charge in [-0.15, -0.1) is 0 Å². The Morgan fingerprint density at radius 1 is 1.09 bits per heavy atom. The number of hydrogen-bond donors (Lipinski definition) is 2. The number of aromatic nitrogens is 2. The molecule has 0 spiro atoms. The standard InChI is InChI=1S/C33H44N4O6/c1-22-26(32(2)7-6-29(39)33(3,21-38)28(32)18-27(22)36-8-12-41-13-9-36)5-4-24-17-25(43-30(24)40)16-23-19-34-31(35-20-23)37-10-14-42-15-11-37/h4-5,16-17,19-20,26-29,38-39H,1,6-15,18,21H2,2-3H3/b5-4+,25-16+/t26?,27?,28?,29-,32-,33+/m1/s1. The van der Waals surface area contributed by atoms with Crippen molar-refractivity contribution in [3.05, 3.63) is 59.7 Å². The molecule has 4 heterocycles. The second-order valence-electron chi connectivity index (χ2n) is 13.0. The number of fused-ring (bicyclic) bond motifs is 1. The number of nitrogens with zero attached hydrogens (tertiary/aromatic N) is 4. The summed E-state index contributed by atoms with van der Waals surface area (Å²) in [4.78, 5) is 26.4. The van der Waals surface area contributed by atoms with Crippen molar-refractivity contribution in [2.45, 2.75) is 45.3 Å². The van der Waals surface area contributed by atoms with Gasteiger partial charge in [0.25, 0.3) is 0 Å². The van der Waals surface area contributed by atoms with Gasteiger partial charge < -0.3 is 29.3 Å². The molecule has 10 heteroatoms. The van der Waals surface area contributed by atoms with Gasteiger partial charge in [-0.3, -0.25) is 4.90 Å². The fourth-order valence-electron chi connectivity index (χ4n) is 7.98. The molecule has 10 nitrogen and oxygen atoms in total. The minimum absolute atomic E-state index is 0.0414. The van der Waals surface area contributed by atoms with Crippen LogP contribution in [-0.4, -0.2) is 102 Å². The summed E-state index contributed by atoms with van der Waals surface area (Å²) in [5, 5.41) is 21.6. The molecule has 5 aliphatic rings. The Morgan fingerprint density at radius 2 is 1.77 bits per heavy atom. The zero-order valence-electron chi connectivity index (χ0n) is 25.3. The van der Waals surface area contributed by atoms with E-state index >= 15 is 0 Å². The SMILES string of the molecule is C=C1C(N2CCOCC2)CC2[C@](C)(CC[C@@H](O)[C@@]2(C)CO)C1/C=C/C1=CC(=C\c2cnc(N3CCOCC3)nc2)/OC1=O. The molecule has 6 atom stereocenters. The van der Waals surface area contributed by atoms with Crippen LogP contribution in [0.4, 0.5) is 5.95 Å². The summed E-state index contributed by atoms with van der Waals surface area (Å²) in [7, 11) is 0. The lowest BCUT2D eigenvalue weighted by atomic mass is 9.45. The first kappa shape index (κ1) is 30.1. The zero-order valence-corrected chi connectivity index (χ0v) is 25.3. The molecule has 43 heavy (non-hydrogen) atoms. The molecule has 2 N–H and O–H groups in total. The van der Waals surface area contributed by atoms with Gasteiger partial charge in [0.2, 0.25) is 5.95 Å². The molecular formula is C33H44N4O6. The molecule has 2 saturated heterocycles. The lowest BCUT2D eigenvalue weighted by Crippen LogP contribution is -2.61. The number of cyclic esters (lactones) is 1. The minimum Gasteiger partial charge on any atom is -0.423 e. The van der Waals surface area contributed by atoms with Gasteiger partial charge in [0.1, 0.15) is 5.76 Å². The lowest BCUT2D eigenvalue weighted by Gasteiger charge is -2.62. The smallest absolute Gasteiger partial charge is 0.343 e. The number of carbonyl (C=O) groups excluding carboxylic acids is 1. The zero-order chi connectivity index (χ0) is 30.2. The predicted molar refractivity (Wildman–Crippen MR) is 162 cm³/mol. The average Bonchev–Trinajstić information content (AvgIpc) is 3.38. The molecule has 4 fully saturated rings. The first-order valence-electron chi connectivity index (χ1n) is 15.5. The molecule has 0 bridgehead atoms. The second kappa shape index (κ2) is 12.2. The van der Waals surface area contributed by atoms with Gasteiger partial charge in [0.05, 0.1) is 44.7 Å². The minimum atomic E-state index is -0.620. The Bertz CT molecular complexity index is 1300. The van der Waals surface area contributed by atoms with Crippen LogP contribution in [0.2, 0.25) is 0 Å². The van der Waals surface area contributed by atoms with Gasteiger partial charge in [-0.25, -0.2) is 14.8 Å². The van der Waals surface area contributed by atoms with Crippen molar-refractivity contribution < 1.29 is 29.2 Å². The number of aliphatic hydroxyl groups excluding tert-OH is 2. The highest BCUT2D eigenvalue weighted by Crippen LogP contribution is 2.61. The summed E-state index contributed by atoms with van der Waals surface area (Å²) in [6, 6.07) is 0.105. The molecule has 1 aromatic rings. The summed E-state index contributed by atoms with van der Waals surface area (Å²) >= 11 is 0. The molecule has 232 valence electrons. The average molecular weight is 593 g/mol. The summed E-state index contributed by atoms with van der Waals surface area (Å²) in [6.45, 7) is 14.7. The Labute approximate surface area is 253 Å². The van der Waals surface area contributed by atoms with E-state index in [2.05, 4.69) is 39.3 Å². The van der Waals surface area contributed by atoms with Crippen LogP contribution in [0.5, 0.6) is 0 Å². The number of morpholine rings is 2. The van der Waals surface area contributed by atoms with Crippen LogP contribution in [0, 0.1) is 22.7 Å². The summed E-state index contributed by atoms with van der Waals surface area (Å²) < 4.78 is 16.6. The van der Waals surface area contributed by atoms with Crippen LogP contribution < -0.4 is 4.90 Å². The Morgan fingerprint density at radius 3 is 2.44 bits per heavy atom. The molecule has 2 saturated carbocycles. The normalized spacial score (nSPS) is 36.6. The van der Waals surface area contributed by atoms with Crippen molar-refractivity contribution in [3.63, 3.8) is 0 Å². The molecule has 1 aromatic heterocycles. The monoisotopic (exact) mass is 592 g/mol. The van der Waals surface area contributed by atoms with Gasteiger partial charge in [0.15, 0.2) is 0 Å². The van der Waals surface area contributed by atoms with Crippen LogP contribution in [0.15, 0.2) is 54.1 Å². The van der Waals surface area contributed by atoms with Crippen molar-refractivity contribution in [2.75, 3.05) is 64.1 Å². The maximum absolute atomic E-state index is 12.9. The Kier molecular flexibility index (Phi) is 8.59. The molecule has 3 unspecified atom stereocenters. The van der Waals surface area contributed by atoms with Gasteiger partial charge >= 0.3 is 5.97 Å². The fourth-order valence-corrected chi connectivity index (χ4v) is 7.98. The summed E-state index contributed by atoms with van der Waals surface area (Å²) in [6.07, 6.45) is 12.6. The van der Waals surface area contributed by atoms with Gasteiger partial charge in [0, 0.05) is 61.5 Å². The molecule has 0 radical (unpaired) electrons. The van der Waals surface area contributed by atoms with E-state index in [4.69, 9.17) is 14.2 Å². The first-order chi connectivity index (χ1) is 20.7. The number of allylic oxidation sites excluding steroid dienone is 2. The van der Waals surface area contributed by atoms with E-state index in [0.29, 0.717) is 50.1 Å². The fraction of sp³-hybridized carbons (Fsp3) is 0.606. The van der Waals surface area contributed by atoms with E-state index in [1.54, 1.807) is 24.5 Å². The van der Waals surface area contributed by atoms with E-state index in [1.165, 1.54) is 0 Å². The molecule has 0 aromatic carbocycles. The third-order valence-electron chi connectivity index (χ3n) is 10.6. The molecule has 0 amide bonds. The quantitative estimate of drug-likeness (QED) is 0.377. The van der Waals surface area contributed by atoms with E-state index in [-0.39, 0.29) is 29.9 Å². The Balaban J connectivity index is 1.25. The number of hydrogen-bond acceptors (Lipinski definition) is 10. The van der Waals surface area contributed by atoms with E-state index < -0.39 is 17.5 Å².